The van der Waals surface area contributed by atoms with Crippen LogP contribution in [0.15, 0.2) is 17.9 Å². The SMILES string of the molecule is C=CBON=O. The van der Waals surface area contributed by atoms with Gasteiger partial charge in [-0.1, -0.05) is 5.98 Å². The zero-order valence-electron chi connectivity index (χ0n) is 3.26. The van der Waals surface area contributed by atoms with Crippen molar-refractivity contribution in [3.05, 3.63) is 17.5 Å². The van der Waals surface area contributed by atoms with Crippen molar-refractivity contribution in [3.63, 3.8) is 0 Å². The van der Waals surface area contributed by atoms with E-state index in [1.807, 2.05) is 0 Å². The normalized spacial score (nSPS) is 6.00. The minimum atomic E-state index is 0.198. The summed E-state index contributed by atoms with van der Waals surface area (Å²) in [6, 6.07) is 0. The summed E-state index contributed by atoms with van der Waals surface area (Å²) in [6.45, 7) is 3.27. The van der Waals surface area contributed by atoms with Gasteiger partial charge in [0, 0.05) is 0 Å². The second-order valence-corrected chi connectivity index (χ2v) is 0.659. The molecule has 0 aromatic heterocycles. The van der Waals surface area contributed by atoms with Crippen molar-refractivity contribution in [2.75, 3.05) is 0 Å². The molecule has 0 aliphatic heterocycles. The molecule has 0 radical (unpaired) electrons. The quantitative estimate of drug-likeness (QED) is 0.212. The van der Waals surface area contributed by atoms with E-state index in [0.717, 1.165) is 0 Å². The maximum absolute atomic E-state index is 9.04. The van der Waals surface area contributed by atoms with Crippen molar-refractivity contribution >= 4 is 7.48 Å². The Morgan fingerprint density at radius 1 is 2.00 bits per heavy atom. The molecule has 0 bridgehead atoms. The summed E-state index contributed by atoms with van der Waals surface area (Å²) in [4.78, 5) is 9.04. The van der Waals surface area contributed by atoms with E-state index >= 15 is 0 Å². The van der Waals surface area contributed by atoms with Crippen LogP contribution in [0.4, 0.5) is 0 Å². The van der Waals surface area contributed by atoms with Gasteiger partial charge in [0.15, 0.2) is 0 Å². The molecule has 0 aromatic rings. The van der Waals surface area contributed by atoms with Gasteiger partial charge in [-0.15, -0.1) is 11.5 Å². The predicted octanol–water partition coefficient (Wildman–Crippen LogP) is 0.179. The lowest BCUT2D eigenvalue weighted by Crippen LogP contribution is -1.82. The summed E-state index contributed by atoms with van der Waals surface area (Å²) in [6.07, 6.45) is 0. The van der Waals surface area contributed by atoms with Gasteiger partial charge in [0.05, 0.1) is 0 Å². The molecule has 0 aliphatic rings. The van der Waals surface area contributed by atoms with Crippen LogP contribution in [0.25, 0.3) is 0 Å². The van der Waals surface area contributed by atoms with Crippen molar-refractivity contribution in [2.24, 2.45) is 5.34 Å². The zero-order chi connectivity index (χ0) is 4.83. The average Bonchev–Trinajstić information content (AvgIpc) is 1.61. The lowest BCUT2D eigenvalue weighted by atomic mass is 10.1. The minimum absolute atomic E-state index is 0.198. The van der Waals surface area contributed by atoms with Crippen LogP contribution >= 0.6 is 0 Å². The van der Waals surface area contributed by atoms with Crippen LogP contribution in [-0.2, 0) is 4.76 Å². The molecule has 6 heavy (non-hydrogen) atoms. The van der Waals surface area contributed by atoms with Gasteiger partial charge < -0.3 is 4.76 Å². The van der Waals surface area contributed by atoms with Crippen LogP contribution in [-0.4, -0.2) is 7.48 Å². The van der Waals surface area contributed by atoms with Crippen LogP contribution in [0.2, 0.25) is 0 Å². The molecule has 0 amide bonds. The Morgan fingerprint density at radius 3 is 2.83 bits per heavy atom. The first-order valence-electron chi connectivity index (χ1n) is 1.47. The predicted molar refractivity (Wildman–Crippen MR) is 24.2 cm³/mol. The molecule has 4 heteroatoms. The van der Waals surface area contributed by atoms with Gasteiger partial charge in [-0.3, -0.25) is 0 Å². The lowest BCUT2D eigenvalue weighted by Gasteiger charge is -1.76. The summed E-state index contributed by atoms with van der Waals surface area (Å²) in [5.41, 5.74) is 0. The Hall–Kier alpha value is -0.795. The number of nitrogens with zero attached hydrogens (tertiary/aromatic N) is 1. The Bertz CT molecular complexity index is 47.5. The molecular formula is C2H4BNO2. The van der Waals surface area contributed by atoms with Gasteiger partial charge in [-0.05, 0) is 0 Å². The van der Waals surface area contributed by atoms with Crippen LogP contribution in [0.3, 0.4) is 0 Å². The van der Waals surface area contributed by atoms with Crippen LogP contribution < -0.4 is 0 Å². The number of rotatable bonds is 3. The second-order valence-electron chi connectivity index (χ2n) is 0.659. The van der Waals surface area contributed by atoms with E-state index in [2.05, 4.69) is 16.7 Å². The molecule has 0 saturated carbocycles. The Kier molecular flexibility index (Phi) is 3.65. The molecule has 0 fully saturated rings. The molecule has 32 valence electrons. The molecule has 0 N–H and O–H groups in total. The first-order valence-corrected chi connectivity index (χ1v) is 1.47. The molecule has 0 saturated heterocycles. The molecular weight excluding hydrogens is 80.8 g/mol. The van der Waals surface area contributed by atoms with Gasteiger partial charge in [0.1, 0.15) is 5.34 Å². The minimum Gasteiger partial charge on any atom is -0.438 e. The van der Waals surface area contributed by atoms with Crippen molar-refractivity contribution in [2.45, 2.75) is 0 Å². The molecule has 0 spiro atoms. The Labute approximate surface area is 36.2 Å². The largest absolute Gasteiger partial charge is 0.438 e. The molecule has 0 aromatic carbocycles. The van der Waals surface area contributed by atoms with Gasteiger partial charge in [-0.2, -0.15) is 0 Å². The fourth-order valence-corrected chi connectivity index (χ4v) is 0.0831. The maximum atomic E-state index is 9.04. The summed E-state index contributed by atoms with van der Waals surface area (Å²) < 4.78 is 3.93. The summed E-state index contributed by atoms with van der Waals surface area (Å²) in [5, 5.41) is 2.10. The van der Waals surface area contributed by atoms with Crippen molar-refractivity contribution in [3.8, 4) is 0 Å². The highest BCUT2D eigenvalue weighted by atomic mass is 16.7. The third-order valence-corrected chi connectivity index (χ3v) is 0.245. The van der Waals surface area contributed by atoms with Gasteiger partial charge in [0.2, 0.25) is 0 Å². The molecule has 3 nitrogen and oxygen atoms in total. The van der Waals surface area contributed by atoms with E-state index in [-0.39, 0.29) is 7.48 Å². The molecule has 0 unspecified atom stereocenters. The van der Waals surface area contributed by atoms with E-state index in [4.69, 9.17) is 4.91 Å². The first-order chi connectivity index (χ1) is 2.91. The van der Waals surface area contributed by atoms with E-state index < -0.39 is 0 Å². The maximum Gasteiger partial charge on any atom is 0.406 e. The van der Waals surface area contributed by atoms with Crippen molar-refractivity contribution in [1.82, 2.24) is 0 Å². The van der Waals surface area contributed by atoms with E-state index in [1.54, 1.807) is 0 Å². The smallest absolute Gasteiger partial charge is 0.406 e. The second kappa shape index (κ2) is 4.20. The standard InChI is InChI=1S/C2H4BNO2/c1-2-3-6-4-5/h2-3H,1H2. The third kappa shape index (κ3) is 3.20. The van der Waals surface area contributed by atoms with Crippen LogP contribution in [0.1, 0.15) is 0 Å². The fourth-order valence-electron chi connectivity index (χ4n) is 0.0831. The summed E-state index contributed by atoms with van der Waals surface area (Å²) in [5.74, 6) is 1.45. The van der Waals surface area contributed by atoms with Crippen molar-refractivity contribution < 1.29 is 4.76 Å². The molecule has 0 aliphatic carbocycles. The van der Waals surface area contributed by atoms with Crippen LogP contribution in [0, 0.1) is 4.91 Å². The third-order valence-electron chi connectivity index (χ3n) is 0.245. The molecule has 0 heterocycles. The summed E-state index contributed by atoms with van der Waals surface area (Å²) in [7, 11) is 0.198. The molecule has 0 rings (SSSR count). The number of hydrogen-bond donors (Lipinski definition) is 0. The highest BCUT2D eigenvalue weighted by Crippen LogP contribution is 1.65. The van der Waals surface area contributed by atoms with Gasteiger partial charge >= 0.3 is 7.48 Å². The monoisotopic (exact) mass is 85.0 g/mol. The van der Waals surface area contributed by atoms with E-state index in [0.29, 0.717) is 0 Å². The van der Waals surface area contributed by atoms with Crippen LogP contribution in [0.5, 0.6) is 0 Å². The average molecular weight is 84.9 g/mol. The topological polar surface area (TPSA) is 38.7 Å². The Morgan fingerprint density at radius 2 is 2.67 bits per heavy atom. The highest BCUT2D eigenvalue weighted by molar-refractivity contribution is 6.33. The highest BCUT2D eigenvalue weighted by Gasteiger charge is 1.75. The van der Waals surface area contributed by atoms with E-state index in [1.165, 1.54) is 5.98 Å². The van der Waals surface area contributed by atoms with E-state index in [9.17, 15) is 0 Å². The first kappa shape index (κ1) is 5.20. The van der Waals surface area contributed by atoms with Crippen molar-refractivity contribution in [1.29, 1.82) is 0 Å². The number of hydrogen-bond acceptors (Lipinski definition) is 3. The molecule has 0 atom stereocenters. The fraction of sp³-hybridized carbons (Fsp3) is 0. The lowest BCUT2D eigenvalue weighted by molar-refractivity contribution is 0.362. The van der Waals surface area contributed by atoms with Gasteiger partial charge in [0.25, 0.3) is 0 Å². The Balaban J connectivity index is 2.66. The zero-order valence-corrected chi connectivity index (χ0v) is 3.26. The van der Waals surface area contributed by atoms with Gasteiger partial charge in [-0.25, -0.2) is 0 Å². The summed E-state index contributed by atoms with van der Waals surface area (Å²) >= 11 is 0.